The lowest BCUT2D eigenvalue weighted by Crippen LogP contribution is -2.66. The number of carbonyl (C=O) groups excluding carboxylic acids is 2. The number of amides is 2. The fourth-order valence-corrected chi connectivity index (χ4v) is 5.24. The van der Waals surface area contributed by atoms with E-state index in [2.05, 4.69) is 29.4 Å². The third-order valence-electron chi connectivity index (χ3n) is 6.83. The highest BCUT2D eigenvalue weighted by molar-refractivity contribution is 6.31. The molecule has 0 saturated carbocycles. The molecule has 2 N–H and O–H groups in total. The molecule has 2 saturated heterocycles. The maximum Gasteiger partial charge on any atom is 0.253 e. The monoisotopic (exact) mass is 517 g/mol. The minimum Gasteiger partial charge on any atom is -0.355 e. The summed E-state index contributed by atoms with van der Waals surface area (Å²) in [6.07, 6.45) is -0.0911. The summed E-state index contributed by atoms with van der Waals surface area (Å²) < 4.78 is 26.0. The standard InChI is InChI=1S/C27H33ClFN3O4/c1-16(2)18-8-6-7-9-20(18)27(14-32(15-27)12-17-13-35-26(3,4)36-17)25(34)31-23-11-22(29)21(28)10-19(23)24(33)30-5/h6-11,16-17H,12-15H2,1-5H3,(H,30,33)(H,31,34)/t17-/m0/s1. The van der Waals surface area contributed by atoms with E-state index in [0.717, 1.165) is 17.2 Å². The Morgan fingerprint density at radius 2 is 1.92 bits per heavy atom. The Bertz CT molecular complexity index is 1160. The normalized spacial score (nSPS) is 20.7. The van der Waals surface area contributed by atoms with Crippen LogP contribution in [0, 0.1) is 5.82 Å². The number of hydrogen-bond acceptors (Lipinski definition) is 5. The van der Waals surface area contributed by atoms with Gasteiger partial charge in [-0.05, 0) is 43.0 Å². The Balaban J connectivity index is 1.65. The minimum atomic E-state index is -0.883. The zero-order chi connectivity index (χ0) is 26.3. The van der Waals surface area contributed by atoms with Crippen molar-refractivity contribution in [1.82, 2.24) is 10.2 Å². The molecule has 2 aromatic carbocycles. The first-order valence-corrected chi connectivity index (χ1v) is 12.5. The smallest absolute Gasteiger partial charge is 0.253 e. The molecule has 0 radical (unpaired) electrons. The second-order valence-electron chi connectivity index (χ2n) is 10.3. The molecule has 36 heavy (non-hydrogen) atoms. The van der Waals surface area contributed by atoms with E-state index in [9.17, 15) is 14.0 Å². The van der Waals surface area contributed by atoms with Crippen molar-refractivity contribution in [2.45, 2.75) is 50.9 Å². The molecule has 2 fully saturated rings. The van der Waals surface area contributed by atoms with Crippen molar-refractivity contribution in [2.75, 3.05) is 38.6 Å². The zero-order valence-electron chi connectivity index (χ0n) is 21.3. The molecule has 2 aromatic rings. The average Bonchev–Trinajstić information content (AvgIpc) is 3.15. The van der Waals surface area contributed by atoms with Crippen molar-refractivity contribution >= 4 is 29.1 Å². The third kappa shape index (κ3) is 5.13. The first kappa shape index (κ1) is 26.5. The number of anilines is 1. The van der Waals surface area contributed by atoms with Crippen molar-refractivity contribution in [1.29, 1.82) is 0 Å². The Labute approximate surface area is 216 Å². The fourth-order valence-electron chi connectivity index (χ4n) is 5.07. The van der Waals surface area contributed by atoms with Crippen LogP contribution in [-0.2, 0) is 19.7 Å². The Kier molecular flexibility index (Phi) is 7.44. The van der Waals surface area contributed by atoms with E-state index < -0.39 is 22.9 Å². The van der Waals surface area contributed by atoms with Crippen LogP contribution >= 0.6 is 11.6 Å². The first-order chi connectivity index (χ1) is 17.0. The molecule has 2 amide bonds. The maximum atomic E-state index is 14.4. The lowest BCUT2D eigenvalue weighted by atomic mass is 9.69. The minimum absolute atomic E-state index is 0.0791. The van der Waals surface area contributed by atoms with Gasteiger partial charge in [-0.3, -0.25) is 14.5 Å². The molecule has 2 aliphatic rings. The second kappa shape index (κ2) is 10.1. The van der Waals surface area contributed by atoms with E-state index in [4.69, 9.17) is 21.1 Å². The number of rotatable bonds is 7. The number of hydrogen-bond donors (Lipinski definition) is 2. The number of ether oxygens (including phenoxy) is 2. The van der Waals surface area contributed by atoms with Gasteiger partial charge in [0.2, 0.25) is 5.91 Å². The number of halogens is 2. The molecule has 2 heterocycles. The molecule has 0 aliphatic carbocycles. The summed E-state index contributed by atoms with van der Waals surface area (Å²) in [4.78, 5) is 28.6. The predicted molar refractivity (Wildman–Crippen MR) is 137 cm³/mol. The molecule has 1 atom stereocenters. The summed E-state index contributed by atoms with van der Waals surface area (Å²) in [6.45, 7) is 9.97. The van der Waals surface area contributed by atoms with Crippen LogP contribution in [0.3, 0.4) is 0 Å². The summed E-state index contributed by atoms with van der Waals surface area (Å²) in [6, 6.07) is 10.2. The summed E-state index contributed by atoms with van der Waals surface area (Å²) in [5.41, 5.74) is 1.29. The van der Waals surface area contributed by atoms with Crippen LogP contribution in [0.4, 0.5) is 10.1 Å². The van der Waals surface area contributed by atoms with E-state index in [1.165, 1.54) is 13.1 Å². The van der Waals surface area contributed by atoms with Crippen molar-refractivity contribution in [3.05, 3.63) is 63.9 Å². The molecule has 0 unspecified atom stereocenters. The maximum absolute atomic E-state index is 14.4. The van der Waals surface area contributed by atoms with Gasteiger partial charge in [-0.15, -0.1) is 0 Å². The number of benzene rings is 2. The first-order valence-electron chi connectivity index (χ1n) is 12.1. The third-order valence-corrected chi connectivity index (χ3v) is 7.12. The summed E-state index contributed by atoms with van der Waals surface area (Å²) in [5, 5.41) is 5.17. The number of nitrogens with zero attached hydrogens (tertiary/aromatic N) is 1. The van der Waals surface area contributed by atoms with Crippen molar-refractivity contribution < 1.29 is 23.5 Å². The predicted octanol–water partition coefficient (Wildman–Crippen LogP) is 4.31. The SMILES string of the molecule is CNC(=O)c1cc(Cl)c(F)cc1NC(=O)C1(c2ccccc2C(C)C)CN(C[C@H]2COC(C)(C)O2)C1. The molecule has 2 aliphatic heterocycles. The lowest BCUT2D eigenvalue weighted by Gasteiger charge is -2.50. The highest BCUT2D eigenvalue weighted by Gasteiger charge is 2.52. The number of nitrogens with one attached hydrogen (secondary N) is 2. The molecular formula is C27H33ClFN3O4. The average molecular weight is 518 g/mol. The molecule has 194 valence electrons. The quantitative estimate of drug-likeness (QED) is 0.572. The van der Waals surface area contributed by atoms with Crippen LogP contribution < -0.4 is 10.6 Å². The second-order valence-corrected chi connectivity index (χ2v) is 10.7. The van der Waals surface area contributed by atoms with Crippen LogP contribution in [0.15, 0.2) is 36.4 Å². The summed E-state index contributed by atoms with van der Waals surface area (Å²) in [5.74, 6) is -1.92. The van der Waals surface area contributed by atoms with Gasteiger partial charge >= 0.3 is 0 Å². The van der Waals surface area contributed by atoms with Gasteiger partial charge in [-0.2, -0.15) is 0 Å². The molecule has 0 aromatic heterocycles. The van der Waals surface area contributed by atoms with Gasteiger partial charge in [0.15, 0.2) is 5.79 Å². The van der Waals surface area contributed by atoms with E-state index in [-0.39, 0.29) is 34.2 Å². The van der Waals surface area contributed by atoms with Gasteiger partial charge in [-0.1, -0.05) is 49.7 Å². The van der Waals surface area contributed by atoms with Crippen molar-refractivity contribution in [3.63, 3.8) is 0 Å². The highest BCUT2D eigenvalue weighted by Crippen LogP contribution is 2.41. The van der Waals surface area contributed by atoms with Gasteiger partial charge in [0.25, 0.3) is 5.91 Å². The van der Waals surface area contributed by atoms with Crippen LogP contribution in [0.1, 0.15) is 55.1 Å². The van der Waals surface area contributed by atoms with Crippen LogP contribution in [0.2, 0.25) is 5.02 Å². The van der Waals surface area contributed by atoms with Gasteiger partial charge in [0.1, 0.15) is 5.82 Å². The van der Waals surface area contributed by atoms with E-state index in [0.29, 0.717) is 26.2 Å². The molecular weight excluding hydrogens is 485 g/mol. The summed E-state index contributed by atoms with van der Waals surface area (Å²) >= 11 is 5.93. The van der Waals surface area contributed by atoms with E-state index in [1.54, 1.807) is 0 Å². The summed E-state index contributed by atoms with van der Waals surface area (Å²) in [7, 11) is 1.46. The topological polar surface area (TPSA) is 79.9 Å². The van der Waals surface area contributed by atoms with Gasteiger partial charge in [-0.25, -0.2) is 4.39 Å². The van der Waals surface area contributed by atoms with Crippen molar-refractivity contribution in [3.8, 4) is 0 Å². The molecule has 7 nitrogen and oxygen atoms in total. The van der Waals surface area contributed by atoms with Crippen LogP contribution in [0.5, 0.6) is 0 Å². The van der Waals surface area contributed by atoms with Crippen LogP contribution in [-0.4, -0.2) is 61.9 Å². The molecule has 9 heteroatoms. The van der Waals surface area contributed by atoms with E-state index in [1.807, 2.05) is 38.1 Å². The van der Waals surface area contributed by atoms with Crippen LogP contribution in [0.25, 0.3) is 0 Å². The fraction of sp³-hybridized carbons (Fsp3) is 0.481. The Morgan fingerprint density at radius 1 is 1.22 bits per heavy atom. The van der Waals surface area contributed by atoms with Gasteiger partial charge in [0, 0.05) is 26.7 Å². The van der Waals surface area contributed by atoms with Gasteiger partial charge in [0.05, 0.1) is 34.4 Å². The molecule has 0 bridgehead atoms. The molecule has 0 spiro atoms. The Hall–Kier alpha value is -2.52. The van der Waals surface area contributed by atoms with E-state index >= 15 is 0 Å². The van der Waals surface area contributed by atoms with Gasteiger partial charge < -0.3 is 20.1 Å². The Morgan fingerprint density at radius 3 is 2.53 bits per heavy atom. The highest BCUT2D eigenvalue weighted by atomic mass is 35.5. The number of likely N-dealkylation sites (tertiary alicyclic amines) is 1. The number of carbonyl (C=O) groups is 2. The lowest BCUT2D eigenvalue weighted by molar-refractivity contribution is -0.145. The largest absolute Gasteiger partial charge is 0.355 e. The molecule has 4 rings (SSSR count). The van der Waals surface area contributed by atoms with Crippen molar-refractivity contribution in [2.24, 2.45) is 0 Å². The zero-order valence-corrected chi connectivity index (χ0v) is 22.0.